The van der Waals surface area contributed by atoms with Crippen LogP contribution in [0.15, 0.2) is 52.2 Å². The third-order valence-electron chi connectivity index (χ3n) is 5.22. The van der Waals surface area contributed by atoms with Gasteiger partial charge in [0.1, 0.15) is 17.6 Å². The molecule has 1 unspecified atom stereocenters. The smallest absolute Gasteiger partial charge is 0.258 e. The van der Waals surface area contributed by atoms with Crippen LogP contribution < -0.4 is 0 Å². The van der Waals surface area contributed by atoms with Crippen molar-refractivity contribution in [3.63, 3.8) is 0 Å². The number of hydrazone groups is 1. The van der Waals surface area contributed by atoms with E-state index in [1.807, 2.05) is 12.1 Å². The predicted molar refractivity (Wildman–Crippen MR) is 109 cm³/mol. The van der Waals surface area contributed by atoms with Crippen LogP contribution in [0.4, 0.5) is 0 Å². The molecule has 0 aliphatic carbocycles. The van der Waals surface area contributed by atoms with E-state index in [1.165, 1.54) is 11.3 Å². The van der Waals surface area contributed by atoms with Crippen LogP contribution in [0.25, 0.3) is 0 Å². The van der Waals surface area contributed by atoms with Gasteiger partial charge in [-0.3, -0.25) is 4.79 Å². The second-order valence-corrected chi connectivity index (χ2v) is 9.86. The number of hydrogen-bond acceptors (Lipinski definition) is 6. The van der Waals surface area contributed by atoms with E-state index in [0.717, 1.165) is 5.56 Å². The summed E-state index contributed by atoms with van der Waals surface area (Å²) in [4.78, 5) is 13.0. The Morgan fingerprint density at radius 2 is 1.90 bits per heavy atom. The highest BCUT2D eigenvalue weighted by Crippen LogP contribution is 2.33. The fourth-order valence-electron chi connectivity index (χ4n) is 3.65. The minimum absolute atomic E-state index is 0.399. The Balaban J connectivity index is 1.59. The lowest BCUT2D eigenvalue weighted by Crippen LogP contribution is -2.38. The molecule has 154 valence electrons. The number of furan rings is 1. The molecule has 0 spiro atoms. The van der Waals surface area contributed by atoms with Gasteiger partial charge in [-0.25, -0.2) is 13.4 Å². The molecule has 0 N–H and O–H groups in total. The first-order valence-electron chi connectivity index (χ1n) is 9.42. The summed E-state index contributed by atoms with van der Waals surface area (Å²) in [7, 11) is -3.59. The largest absolute Gasteiger partial charge is 0.467 e. The van der Waals surface area contributed by atoms with Crippen LogP contribution in [0.3, 0.4) is 0 Å². The van der Waals surface area contributed by atoms with E-state index in [-0.39, 0.29) is 0 Å². The van der Waals surface area contributed by atoms with Gasteiger partial charge in [0.05, 0.1) is 17.2 Å². The number of nitrogens with zero attached hydrogens (tertiary/aromatic N) is 2. The van der Waals surface area contributed by atoms with Crippen molar-refractivity contribution in [2.75, 3.05) is 19.0 Å². The van der Waals surface area contributed by atoms with Gasteiger partial charge >= 0.3 is 0 Å². The van der Waals surface area contributed by atoms with Crippen molar-refractivity contribution in [3.05, 3.63) is 59.0 Å². The Hall–Kier alpha value is -2.16. The van der Waals surface area contributed by atoms with Crippen LogP contribution in [-0.4, -0.2) is 49.3 Å². The fraction of sp³-hybridized carbons (Fsp3) is 0.400. The minimum atomic E-state index is -3.59. The highest BCUT2D eigenvalue weighted by Gasteiger charge is 2.38. The molecule has 4 rings (SSSR count). The zero-order valence-electron chi connectivity index (χ0n) is 15.7. The van der Waals surface area contributed by atoms with Crippen LogP contribution in [-0.2, 0) is 19.4 Å². The number of sulfone groups is 1. The second-order valence-electron chi connectivity index (χ2n) is 7.15. The third kappa shape index (κ3) is 4.39. The first-order valence-corrected chi connectivity index (χ1v) is 11.5. The summed E-state index contributed by atoms with van der Waals surface area (Å²) in [6, 6.07) is 10.2. The molecule has 29 heavy (non-hydrogen) atoms. The molecule has 1 amide bonds. The van der Waals surface area contributed by atoms with Gasteiger partial charge in [0.25, 0.3) is 5.91 Å². The van der Waals surface area contributed by atoms with Gasteiger partial charge in [0.2, 0.25) is 0 Å². The second kappa shape index (κ2) is 8.30. The number of carbonyl (C=O) groups excluding carboxylic acids is 1. The maximum Gasteiger partial charge on any atom is 0.258 e. The number of ether oxygens (including phenoxy) is 1. The standard InChI is InChI=1S/C20H21ClN2O5S/c21-15-5-3-14(4-6-15)17-12-18(19-2-1-9-28-19)23(22-17)20(24)13-29(25,26)16-7-10-27-11-8-16/h1-6,9,16,18H,7-8,10-13H2. The monoisotopic (exact) mass is 436 g/mol. The van der Waals surface area contributed by atoms with Crippen LogP contribution in [0, 0.1) is 0 Å². The van der Waals surface area contributed by atoms with Crippen LogP contribution in [0.1, 0.15) is 36.6 Å². The van der Waals surface area contributed by atoms with Crippen molar-refractivity contribution >= 4 is 33.1 Å². The molecule has 1 saturated heterocycles. The van der Waals surface area contributed by atoms with E-state index < -0.39 is 32.8 Å². The fourth-order valence-corrected chi connectivity index (χ4v) is 5.40. The number of carbonyl (C=O) groups is 1. The highest BCUT2D eigenvalue weighted by atomic mass is 35.5. The topological polar surface area (TPSA) is 89.2 Å². The molecular weight excluding hydrogens is 416 g/mol. The van der Waals surface area contributed by atoms with E-state index >= 15 is 0 Å². The molecule has 0 radical (unpaired) electrons. The predicted octanol–water partition coefficient (Wildman–Crippen LogP) is 3.20. The van der Waals surface area contributed by atoms with Crippen LogP contribution in [0.2, 0.25) is 5.02 Å². The molecule has 0 bridgehead atoms. The van der Waals surface area contributed by atoms with Gasteiger partial charge in [-0.1, -0.05) is 23.7 Å². The van der Waals surface area contributed by atoms with Crippen LogP contribution in [0.5, 0.6) is 0 Å². The van der Waals surface area contributed by atoms with Gasteiger partial charge in [-0.05, 0) is 42.7 Å². The lowest BCUT2D eigenvalue weighted by molar-refractivity contribution is -0.130. The van der Waals surface area contributed by atoms with Gasteiger partial charge in [-0.15, -0.1) is 0 Å². The highest BCUT2D eigenvalue weighted by molar-refractivity contribution is 7.92. The normalized spacial score (nSPS) is 20.7. The van der Waals surface area contributed by atoms with Crippen molar-refractivity contribution < 1.29 is 22.4 Å². The Kier molecular flexibility index (Phi) is 5.76. The summed E-state index contributed by atoms with van der Waals surface area (Å²) in [5.41, 5.74) is 1.51. The first kappa shape index (κ1) is 20.1. The Labute approximate surface area is 174 Å². The lowest BCUT2D eigenvalue weighted by atomic mass is 10.0. The number of halogens is 1. The molecule has 2 aromatic rings. The molecular formula is C20H21ClN2O5S. The lowest BCUT2D eigenvalue weighted by Gasteiger charge is -2.24. The maximum absolute atomic E-state index is 13.0. The zero-order chi connectivity index (χ0) is 20.4. The van der Waals surface area contributed by atoms with E-state index in [9.17, 15) is 13.2 Å². The molecule has 1 fully saturated rings. The number of hydrogen-bond donors (Lipinski definition) is 0. The average molecular weight is 437 g/mol. The van der Waals surface area contributed by atoms with Crippen molar-refractivity contribution in [2.24, 2.45) is 5.10 Å². The van der Waals surface area contributed by atoms with Gasteiger partial charge in [0, 0.05) is 24.7 Å². The van der Waals surface area contributed by atoms with Crippen LogP contribution >= 0.6 is 11.6 Å². The maximum atomic E-state index is 13.0. The molecule has 1 aromatic heterocycles. The van der Waals surface area contributed by atoms with Crippen molar-refractivity contribution in [1.29, 1.82) is 0 Å². The third-order valence-corrected chi connectivity index (χ3v) is 7.60. The first-order chi connectivity index (χ1) is 13.9. The summed E-state index contributed by atoms with van der Waals surface area (Å²) in [5.74, 6) is -0.567. The number of rotatable bonds is 5. The molecule has 0 saturated carbocycles. The quantitative estimate of drug-likeness (QED) is 0.718. The van der Waals surface area contributed by atoms with Gasteiger partial charge in [-0.2, -0.15) is 5.10 Å². The average Bonchev–Trinajstić information content (AvgIpc) is 3.39. The molecule has 1 aromatic carbocycles. The number of amides is 1. The minimum Gasteiger partial charge on any atom is -0.467 e. The van der Waals surface area contributed by atoms with Gasteiger partial charge < -0.3 is 9.15 Å². The van der Waals surface area contributed by atoms with Crippen molar-refractivity contribution in [2.45, 2.75) is 30.6 Å². The summed E-state index contributed by atoms with van der Waals surface area (Å²) >= 11 is 5.96. The molecule has 1 atom stereocenters. The van der Waals surface area contributed by atoms with E-state index in [4.69, 9.17) is 20.8 Å². The molecule has 9 heteroatoms. The molecule has 7 nitrogen and oxygen atoms in total. The SMILES string of the molecule is O=C(CS(=O)(=O)C1CCOCC1)N1N=C(c2ccc(Cl)cc2)CC1c1ccco1. The van der Waals surface area contributed by atoms with Crippen molar-refractivity contribution in [1.82, 2.24) is 5.01 Å². The summed E-state index contributed by atoms with van der Waals surface area (Å²) in [6.45, 7) is 0.797. The van der Waals surface area contributed by atoms with Crippen molar-refractivity contribution in [3.8, 4) is 0 Å². The van der Waals surface area contributed by atoms with E-state index in [1.54, 1.807) is 24.3 Å². The van der Waals surface area contributed by atoms with E-state index in [0.29, 0.717) is 49.0 Å². The number of benzene rings is 1. The van der Waals surface area contributed by atoms with Gasteiger partial charge in [0.15, 0.2) is 9.84 Å². The molecule has 2 aliphatic heterocycles. The Morgan fingerprint density at radius 3 is 2.55 bits per heavy atom. The summed E-state index contributed by atoms with van der Waals surface area (Å²) < 4.78 is 36.2. The Bertz CT molecular complexity index is 996. The molecule has 2 aliphatic rings. The summed E-state index contributed by atoms with van der Waals surface area (Å²) in [6.07, 6.45) is 2.78. The Morgan fingerprint density at radius 1 is 1.17 bits per heavy atom. The summed E-state index contributed by atoms with van der Waals surface area (Å²) in [5, 5.41) is 5.76. The van der Waals surface area contributed by atoms with E-state index in [2.05, 4.69) is 5.10 Å². The zero-order valence-corrected chi connectivity index (χ0v) is 17.2. The molecule has 3 heterocycles.